The van der Waals surface area contributed by atoms with Gasteiger partial charge in [0.15, 0.2) is 0 Å². The fourth-order valence-electron chi connectivity index (χ4n) is 2.27. The number of nitrogens with two attached hydrogens (primary N) is 1. The van der Waals surface area contributed by atoms with Crippen LogP contribution in [-0.2, 0) is 16.0 Å². The Bertz CT molecular complexity index is 405. The van der Waals surface area contributed by atoms with Gasteiger partial charge in [-0.2, -0.15) is 0 Å². The Hall–Kier alpha value is -0.910. The molecule has 2 unspecified atom stereocenters. The van der Waals surface area contributed by atoms with Crippen LogP contribution in [0.4, 0.5) is 0 Å². The molecule has 0 radical (unpaired) electrons. The molecular weight excluding hydrogens is 236 g/mol. The molecule has 1 aromatic heterocycles. The van der Waals surface area contributed by atoms with Gasteiger partial charge in [-0.25, -0.2) is 0 Å². The molecule has 2 rings (SSSR count). The summed E-state index contributed by atoms with van der Waals surface area (Å²) in [7, 11) is 1.56. The van der Waals surface area contributed by atoms with Crippen molar-refractivity contribution in [3.8, 4) is 0 Å². The van der Waals surface area contributed by atoms with Gasteiger partial charge in [0.05, 0.1) is 12.6 Å². The number of hydrogen-bond acceptors (Lipinski definition) is 4. The summed E-state index contributed by atoms with van der Waals surface area (Å²) >= 11 is 1.77. The summed E-state index contributed by atoms with van der Waals surface area (Å²) in [5.41, 5.74) is 7.07. The quantitative estimate of drug-likeness (QED) is 0.881. The Morgan fingerprint density at radius 1 is 1.76 bits per heavy atom. The number of amides is 1. The number of fused-ring (bicyclic) bond motifs is 1. The molecule has 2 N–H and O–H groups in total. The van der Waals surface area contributed by atoms with Crippen LogP contribution in [0.15, 0.2) is 11.4 Å². The summed E-state index contributed by atoms with van der Waals surface area (Å²) in [6.45, 7) is 3.09. The third-order valence-corrected chi connectivity index (χ3v) is 4.22. The van der Waals surface area contributed by atoms with E-state index in [4.69, 9.17) is 10.5 Å². The predicted molar refractivity (Wildman–Crippen MR) is 68.0 cm³/mol. The van der Waals surface area contributed by atoms with Crippen LogP contribution in [0.1, 0.15) is 23.4 Å². The highest BCUT2D eigenvalue weighted by atomic mass is 32.1. The second-order valence-corrected chi connectivity index (χ2v) is 5.32. The first kappa shape index (κ1) is 12.5. The Balaban J connectivity index is 2.12. The lowest BCUT2D eigenvalue weighted by molar-refractivity contribution is -0.136. The lowest BCUT2D eigenvalue weighted by Gasteiger charge is -2.35. The maximum atomic E-state index is 12.2. The van der Waals surface area contributed by atoms with Gasteiger partial charge in [-0.1, -0.05) is 0 Å². The molecule has 0 aliphatic carbocycles. The van der Waals surface area contributed by atoms with E-state index in [1.54, 1.807) is 18.4 Å². The molecular formula is C12H18N2O2S. The smallest absolute Gasteiger partial charge is 0.242 e. The van der Waals surface area contributed by atoms with Crippen molar-refractivity contribution in [2.75, 3.05) is 20.3 Å². The van der Waals surface area contributed by atoms with E-state index in [0.717, 1.165) is 13.0 Å². The van der Waals surface area contributed by atoms with Crippen molar-refractivity contribution in [2.45, 2.75) is 25.4 Å². The molecule has 1 aromatic rings. The summed E-state index contributed by atoms with van der Waals surface area (Å²) < 4.78 is 4.93. The monoisotopic (exact) mass is 254 g/mol. The highest BCUT2D eigenvalue weighted by molar-refractivity contribution is 7.10. The van der Waals surface area contributed by atoms with Gasteiger partial charge in [0, 0.05) is 18.5 Å². The van der Waals surface area contributed by atoms with E-state index >= 15 is 0 Å². The largest absolute Gasteiger partial charge is 0.383 e. The second kappa shape index (κ2) is 5.16. The van der Waals surface area contributed by atoms with E-state index in [1.807, 2.05) is 4.90 Å². The Morgan fingerprint density at radius 2 is 2.53 bits per heavy atom. The summed E-state index contributed by atoms with van der Waals surface area (Å²) in [5, 5.41) is 2.09. The van der Waals surface area contributed by atoms with Crippen molar-refractivity contribution in [2.24, 2.45) is 5.73 Å². The van der Waals surface area contributed by atoms with Crippen LogP contribution >= 0.6 is 11.3 Å². The highest BCUT2D eigenvalue weighted by Gasteiger charge is 2.30. The number of rotatable bonds is 3. The molecule has 4 nitrogen and oxygen atoms in total. The molecule has 0 spiro atoms. The zero-order chi connectivity index (χ0) is 12.4. The summed E-state index contributed by atoms with van der Waals surface area (Å²) in [4.78, 5) is 15.4. The summed E-state index contributed by atoms with van der Waals surface area (Å²) in [6.07, 6.45) is 0.933. The molecule has 5 heteroatoms. The van der Waals surface area contributed by atoms with Gasteiger partial charge in [0.25, 0.3) is 0 Å². The zero-order valence-electron chi connectivity index (χ0n) is 10.2. The van der Waals surface area contributed by atoms with Gasteiger partial charge >= 0.3 is 0 Å². The molecule has 1 aliphatic heterocycles. The number of nitrogens with zero attached hydrogens (tertiary/aromatic N) is 1. The van der Waals surface area contributed by atoms with E-state index in [9.17, 15) is 4.79 Å². The molecule has 0 bridgehead atoms. The van der Waals surface area contributed by atoms with Gasteiger partial charge < -0.3 is 15.4 Å². The Labute approximate surface area is 105 Å². The fraction of sp³-hybridized carbons (Fsp3) is 0.583. The second-order valence-electron chi connectivity index (χ2n) is 4.32. The minimum atomic E-state index is -0.553. The molecule has 0 aromatic carbocycles. The van der Waals surface area contributed by atoms with Gasteiger partial charge in [-0.3, -0.25) is 4.79 Å². The molecule has 1 aliphatic rings. The number of carbonyl (C=O) groups excluding carboxylic acids is 1. The minimum Gasteiger partial charge on any atom is -0.383 e. The minimum absolute atomic E-state index is 0.0174. The van der Waals surface area contributed by atoms with Crippen LogP contribution in [0, 0.1) is 0 Å². The molecule has 2 heterocycles. The van der Waals surface area contributed by atoms with Crippen molar-refractivity contribution in [1.82, 2.24) is 4.90 Å². The average molecular weight is 254 g/mol. The Morgan fingerprint density at radius 3 is 3.24 bits per heavy atom. The molecule has 0 saturated carbocycles. The van der Waals surface area contributed by atoms with E-state index in [2.05, 4.69) is 18.4 Å². The van der Waals surface area contributed by atoms with Crippen molar-refractivity contribution in [3.05, 3.63) is 21.9 Å². The lowest BCUT2D eigenvalue weighted by Crippen LogP contribution is -2.49. The first-order chi connectivity index (χ1) is 8.15. The number of methoxy groups -OCH3 is 1. The zero-order valence-corrected chi connectivity index (χ0v) is 11.0. The molecule has 17 heavy (non-hydrogen) atoms. The highest BCUT2D eigenvalue weighted by Crippen LogP contribution is 2.32. The third-order valence-electron chi connectivity index (χ3n) is 3.22. The topological polar surface area (TPSA) is 55.6 Å². The number of ether oxygens (including phenoxy) is 1. The SMILES string of the molecule is COCC(N)C(=O)N1CCc2sccc2C1C. The van der Waals surface area contributed by atoms with E-state index in [1.165, 1.54) is 10.4 Å². The van der Waals surface area contributed by atoms with Crippen molar-refractivity contribution in [1.29, 1.82) is 0 Å². The van der Waals surface area contributed by atoms with Crippen LogP contribution in [0.25, 0.3) is 0 Å². The van der Waals surface area contributed by atoms with E-state index in [0.29, 0.717) is 0 Å². The fourth-order valence-corrected chi connectivity index (χ4v) is 3.24. The summed E-state index contributed by atoms with van der Waals surface area (Å²) in [6, 6.07) is 1.68. The Kier molecular flexibility index (Phi) is 3.81. The van der Waals surface area contributed by atoms with Gasteiger partial charge in [0.1, 0.15) is 6.04 Å². The molecule has 0 fully saturated rings. The van der Waals surface area contributed by atoms with Crippen LogP contribution in [0.3, 0.4) is 0 Å². The van der Waals surface area contributed by atoms with Gasteiger partial charge in [0.2, 0.25) is 5.91 Å². The summed E-state index contributed by atoms with van der Waals surface area (Å²) in [5.74, 6) is -0.0174. The number of thiophene rings is 1. The maximum Gasteiger partial charge on any atom is 0.242 e. The maximum absolute atomic E-state index is 12.2. The third kappa shape index (κ3) is 2.36. The standard InChI is InChI=1S/C12H18N2O2S/c1-8-9-4-6-17-11(9)3-5-14(8)12(15)10(13)7-16-2/h4,6,8,10H,3,5,7,13H2,1-2H3. The predicted octanol–water partition coefficient (Wildman–Crippen LogP) is 1.17. The normalized spacial score (nSPS) is 21.1. The first-order valence-electron chi connectivity index (χ1n) is 5.76. The van der Waals surface area contributed by atoms with Gasteiger partial charge in [-0.05, 0) is 30.4 Å². The van der Waals surface area contributed by atoms with Crippen molar-refractivity contribution in [3.63, 3.8) is 0 Å². The molecule has 1 amide bonds. The van der Waals surface area contributed by atoms with E-state index < -0.39 is 6.04 Å². The van der Waals surface area contributed by atoms with Crippen molar-refractivity contribution >= 4 is 17.2 Å². The van der Waals surface area contributed by atoms with E-state index in [-0.39, 0.29) is 18.6 Å². The van der Waals surface area contributed by atoms with Crippen LogP contribution in [0.5, 0.6) is 0 Å². The number of hydrogen-bond donors (Lipinski definition) is 1. The molecule has 2 atom stereocenters. The molecule has 94 valence electrons. The van der Waals surface area contributed by atoms with Gasteiger partial charge in [-0.15, -0.1) is 11.3 Å². The average Bonchev–Trinajstić information content (AvgIpc) is 2.78. The lowest BCUT2D eigenvalue weighted by atomic mass is 10.0. The van der Waals surface area contributed by atoms with Crippen LogP contribution in [-0.4, -0.2) is 37.1 Å². The van der Waals surface area contributed by atoms with Crippen molar-refractivity contribution < 1.29 is 9.53 Å². The number of carbonyl (C=O) groups is 1. The van der Waals surface area contributed by atoms with Crippen LogP contribution in [0.2, 0.25) is 0 Å². The molecule has 0 saturated heterocycles. The van der Waals surface area contributed by atoms with Crippen LogP contribution < -0.4 is 5.73 Å². The first-order valence-corrected chi connectivity index (χ1v) is 6.64.